The van der Waals surface area contributed by atoms with Crippen LogP contribution in [0.25, 0.3) is 0 Å². The fourth-order valence-corrected chi connectivity index (χ4v) is 3.14. The molecule has 2 N–H and O–H groups in total. The Morgan fingerprint density at radius 3 is 2.43 bits per heavy atom. The quantitative estimate of drug-likeness (QED) is 0.259. The second kappa shape index (κ2) is 15.0. The van der Waals surface area contributed by atoms with Gasteiger partial charge in [0.05, 0.1) is 18.8 Å². The number of nitrogens with zero attached hydrogens (tertiary/aromatic N) is 5. The van der Waals surface area contributed by atoms with Crippen molar-refractivity contribution in [1.82, 2.24) is 30.2 Å². The lowest BCUT2D eigenvalue weighted by Gasteiger charge is -2.23. The van der Waals surface area contributed by atoms with Crippen LogP contribution in [-0.2, 0) is 7.05 Å². The summed E-state index contributed by atoms with van der Waals surface area (Å²) in [6, 6.07) is 0.613. The Bertz CT molecular complexity index is 540. The highest BCUT2D eigenvalue weighted by Crippen LogP contribution is 2.17. The van der Waals surface area contributed by atoms with E-state index in [1.807, 2.05) is 17.9 Å². The van der Waals surface area contributed by atoms with Gasteiger partial charge in [0.15, 0.2) is 5.96 Å². The van der Waals surface area contributed by atoms with Gasteiger partial charge in [-0.15, -0.1) is 24.0 Å². The molecular weight excluding hydrogens is 465 g/mol. The Hall–Kier alpha value is -0.870. The van der Waals surface area contributed by atoms with E-state index < -0.39 is 0 Å². The largest absolute Gasteiger partial charge is 0.357 e. The molecule has 0 spiro atoms. The maximum Gasteiger partial charge on any atom is 0.191 e. The first-order chi connectivity index (χ1) is 12.9. The van der Waals surface area contributed by atoms with Crippen LogP contribution in [0.5, 0.6) is 0 Å². The Balaban J connectivity index is 0.00000729. The topological polar surface area (TPSA) is 60.7 Å². The molecule has 0 fully saturated rings. The highest BCUT2D eigenvalue weighted by Gasteiger charge is 2.16. The molecule has 2 unspecified atom stereocenters. The van der Waals surface area contributed by atoms with Crippen molar-refractivity contribution in [2.75, 3.05) is 46.8 Å². The van der Waals surface area contributed by atoms with Crippen LogP contribution in [0.2, 0.25) is 0 Å². The van der Waals surface area contributed by atoms with Crippen LogP contribution in [0.15, 0.2) is 17.4 Å². The maximum absolute atomic E-state index is 4.84. The molecule has 7 nitrogen and oxygen atoms in total. The van der Waals surface area contributed by atoms with E-state index >= 15 is 0 Å². The number of guanidine groups is 1. The molecule has 2 atom stereocenters. The monoisotopic (exact) mass is 507 g/mol. The number of hydrogen-bond acceptors (Lipinski definition) is 4. The first kappa shape index (κ1) is 27.1. The SMILES string of the molecule is CCNC(=NCC(c1cnn(C)c1)N(C)C)NC(C)CCCN(CC)CC.I. The number of halogens is 1. The Morgan fingerprint density at radius 1 is 1.25 bits per heavy atom. The molecule has 0 saturated carbocycles. The van der Waals surface area contributed by atoms with Crippen LogP contribution >= 0.6 is 24.0 Å². The van der Waals surface area contributed by atoms with Crippen molar-refractivity contribution in [3.63, 3.8) is 0 Å². The third-order valence-corrected chi connectivity index (χ3v) is 4.89. The zero-order valence-corrected chi connectivity index (χ0v) is 21.2. The van der Waals surface area contributed by atoms with Crippen molar-refractivity contribution in [1.29, 1.82) is 0 Å². The van der Waals surface area contributed by atoms with E-state index in [-0.39, 0.29) is 30.0 Å². The van der Waals surface area contributed by atoms with Crippen LogP contribution in [0.3, 0.4) is 0 Å². The number of aryl methyl sites for hydroxylation is 1. The van der Waals surface area contributed by atoms with Gasteiger partial charge < -0.3 is 20.4 Å². The summed E-state index contributed by atoms with van der Waals surface area (Å²) in [6.07, 6.45) is 6.33. The van der Waals surface area contributed by atoms with Gasteiger partial charge in [0.25, 0.3) is 0 Å². The summed E-state index contributed by atoms with van der Waals surface area (Å²) in [7, 11) is 6.12. The molecule has 28 heavy (non-hydrogen) atoms. The van der Waals surface area contributed by atoms with E-state index in [9.17, 15) is 0 Å². The lowest BCUT2D eigenvalue weighted by molar-refractivity contribution is 0.292. The molecule has 1 heterocycles. The van der Waals surface area contributed by atoms with Crippen molar-refractivity contribution in [3.05, 3.63) is 18.0 Å². The summed E-state index contributed by atoms with van der Waals surface area (Å²) in [5, 5.41) is 11.2. The molecule has 164 valence electrons. The molecular formula is C20H42IN7. The maximum atomic E-state index is 4.84. The third-order valence-electron chi connectivity index (χ3n) is 4.89. The van der Waals surface area contributed by atoms with E-state index in [4.69, 9.17) is 4.99 Å². The fraction of sp³-hybridized carbons (Fsp3) is 0.800. The predicted octanol–water partition coefficient (Wildman–Crippen LogP) is 2.71. The molecule has 0 aliphatic heterocycles. The molecule has 1 rings (SSSR count). The summed E-state index contributed by atoms with van der Waals surface area (Å²) in [4.78, 5) is 9.51. The van der Waals surface area contributed by atoms with E-state index in [1.165, 1.54) is 12.0 Å². The predicted molar refractivity (Wildman–Crippen MR) is 131 cm³/mol. The summed E-state index contributed by atoms with van der Waals surface area (Å²) >= 11 is 0. The Kier molecular flexibility index (Phi) is 14.6. The molecule has 8 heteroatoms. The molecule has 0 aliphatic carbocycles. The summed E-state index contributed by atoms with van der Waals surface area (Å²) < 4.78 is 1.84. The number of nitrogens with one attached hydrogen (secondary N) is 2. The first-order valence-corrected chi connectivity index (χ1v) is 10.3. The zero-order chi connectivity index (χ0) is 20.2. The molecule has 0 radical (unpaired) electrons. The van der Waals surface area contributed by atoms with Crippen molar-refractivity contribution in [3.8, 4) is 0 Å². The van der Waals surface area contributed by atoms with Gasteiger partial charge >= 0.3 is 0 Å². The van der Waals surface area contributed by atoms with E-state index in [1.54, 1.807) is 0 Å². The van der Waals surface area contributed by atoms with Gasteiger partial charge in [-0.2, -0.15) is 5.10 Å². The number of hydrogen-bond donors (Lipinski definition) is 2. The molecule has 0 saturated heterocycles. The van der Waals surface area contributed by atoms with Gasteiger partial charge in [0.1, 0.15) is 0 Å². The molecule has 1 aromatic heterocycles. The van der Waals surface area contributed by atoms with Crippen LogP contribution in [0.4, 0.5) is 0 Å². The van der Waals surface area contributed by atoms with Gasteiger partial charge in [-0.1, -0.05) is 13.8 Å². The molecule has 0 bridgehead atoms. The average molecular weight is 508 g/mol. The highest BCUT2D eigenvalue weighted by molar-refractivity contribution is 14.0. The van der Waals surface area contributed by atoms with Crippen LogP contribution < -0.4 is 10.6 Å². The van der Waals surface area contributed by atoms with Gasteiger partial charge in [-0.3, -0.25) is 9.67 Å². The van der Waals surface area contributed by atoms with Crippen molar-refractivity contribution >= 4 is 29.9 Å². The van der Waals surface area contributed by atoms with Gasteiger partial charge in [-0.05, 0) is 60.4 Å². The first-order valence-electron chi connectivity index (χ1n) is 10.3. The van der Waals surface area contributed by atoms with Gasteiger partial charge in [-0.25, -0.2) is 0 Å². The molecule has 0 aliphatic rings. The zero-order valence-electron chi connectivity index (χ0n) is 18.9. The van der Waals surface area contributed by atoms with Crippen molar-refractivity contribution in [2.45, 2.75) is 52.6 Å². The fourth-order valence-electron chi connectivity index (χ4n) is 3.14. The minimum atomic E-state index is 0. The minimum Gasteiger partial charge on any atom is -0.357 e. The number of aliphatic imine (C=N–C) groups is 1. The van der Waals surface area contributed by atoms with Crippen molar-refractivity contribution in [2.24, 2.45) is 12.0 Å². The Morgan fingerprint density at radius 2 is 1.93 bits per heavy atom. The van der Waals surface area contributed by atoms with Gasteiger partial charge in [0, 0.05) is 31.4 Å². The Labute approximate surface area is 189 Å². The van der Waals surface area contributed by atoms with Crippen molar-refractivity contribution < 1.29 is 0 Å². The van der Waals surface area contributed by atoms with Gasteiger partial charge in [0.2, 0.25) is 0 Å². The molecule has 0 aromatic carbocycles. The third kappa shape index (κ3) is 10.1. The summed E-state index contributed by atoms with van der Waals surface area (Å²) in [6.45, 7) is 13.8. The lowest BCUT2D eigenvalue weighted by Crippen LogP contribution is -2.43. The van der Waals surface area contributed by atoms with E-state index in [2.05, 4.69) is 73.5 Å². The highest BCUT2D eigenvalue weighted by atomic mass is 127. The number of rotatable bonds is 12. The molecule has 1 aromatic rings. The standard InChI is InChI=1S/C20H41N7.HI/c1-8-21-20(24-17(4)12-11-13-27(9-2)10-3)22-15-19(25(5)6)18-14-23-26(7)16-18;/h14,16-17,19H,8-13,15H2,1-7H3,(H2,21,22,24);1H. The number of likely N-dealkylation sites (N-methyl/N-ethyl adjacent to an activating group) is 1. The van der Waals surface area contributed by atoms with E-state index in [0.717, 1.165) is 38.6 Å². The van der Waals surface area contributed by atoms with Crippen LogP contribution in [-0.4, -0.2) is 78.4 Å². The smallest absolute Gasteiger partial charge is 0.191 e. The van der Waals surface area contributed by atoms with E-state index in [0.29, 0.717) is 12.6 Å². The normalized spacial score (nSPS) is 14.1. The lowest BCUT2D eigenvalue weighted by atomic mass is 10.1. The summed E-state index contributed by atoms with van der Waals surface area (Å²) in [5.74, 6) is 0.892. The number of aromatic nitrogens is 2. The van der Waals surface area contributed by atoms with Crippen LogP contribution in [0, 0.1) is 0 Å². The van der Waals surface area contributed by atoms with Crippen LogP contribution in [0.1, 0.15) is 52.1 Å². The summed E-state index contributed by atoms with van der Waals surface area (Å²) in [5.41, 5.74) is 1.19. The minimum absolute atomic E-state index is 0. The second-order valence-corrected chi connectivity index (χ2v) is 7.36. The molecule has 0 amide bonds. The second-order valence-electron chi connectivity index (χ2n) is 7.36. The average Bonchev–Trinajstić information content (AvgIpc) is 3.04.